The maximum atomic E-state index is 13.1. The Morgan fingerprint density at radius 2 is 0.974 bits per heavy atom. The van der Waals surface area contributed by atoms with Crippen LogP contribution in [0.2, 0.25) is 0 Å². The lowest BCUT2D eigenvalue weighted by molar-refractivity contribution is 0.0816. The summed E-state index contributed by atoms with van der Waals surface area (Å²) in [6.07, 6.45) is 1.63. The quantitative estimate of drug-likeness (QED) is 0.176. The third-order valence-electron chi connectivity index (χ3n) is 6.32. The van der Waals surface area contributed by atoms with Gasteiger partial charge in [0.15, 0.2) is 0 Å². The highest BCUT2D eigenvalue weighted by molar-refractivity contribution is 6.49. The number of ether oxygens (including phenoxy) is 4. The third kappa shape index (κ3) is 6.21. The van der Waals surface area contributed by atoms with Crippen molar-refractivity contribution in [2.75, 3.05) is 28.4 Å². The first-order valence-corrected chi connectivity index (χ1v) is 12.2. The second kappa shape index (κ2) is 12.1. The van der Waals surface area contributed by atoms with E-state index in [2.05, 4.69) is 12.1 Å². The molecule has 38 heavy (non-hydrogen) atoms. The van der Waals surface area contributed by atoms with Crippen LogP contribution in [-0.4, -0.2) is 40.0 Å². The van der Waals surface area contributed by atoms with Gasteiger partial charge in [0.05, 0.1) is 28.4 Å². The first kappa shape index (κ1) is 26.5. The van der Waals surface area contributed by atoms with Gasteiger partial charge in [0.2, 0.25) is 11.6 Å². The molecule has 0 saturated heterocycles. The van der Waals surface area contributed by atoms with Crippen LogP contribution in [0.15, 0.2) is 84.9 Å². The second-order valence-electron chi connectivity index (χ2n) is 8.76. The van der Waals surface area contributed by atoms with Crippen molar-refractivity contribution < 1.29 is 28.5 Å². The van der Waals surface area contributed by atoms with Gasteiger partial charge in [-0.3, -0.25) is 9.59 Å². The second-order valence-corrected chi connectivity index (χ2v) is 8.76. The van der Waals surface area contributed by atoms with Crippen LogP contribution < -0.4 is 18.9 Å². The van der Waals surface area contributed by atoms with Crippen LogP contribution in [0.1, 0.15) is 31.8 Å². The van der Waals surface area contributed by atoms with Gasteiger partial charge >= 0.3 is 0 Å². The van der Waals surface area contributed by atoms with Gasteiger partial charge in [-0.25, -0.2) is 0 Å². The van der Waals surface area contributed by atoms with Gasteiger partial charge in [-0.05, 0) is 65.4 Å². The van der Waals surface area contributed by atoms with Gasteiger partial charge in [0.1, 0.15) is 23.0 Å². The first-order valence-electron chi connectivity index (χ1n) is 12.2. The molecule has 0 bridgehead atoms. The van der Waals surface area contributed by atoms with Crippen molar-refractivity contribution >= 4 is 11.6 Å². The van der Waals surface area contributed by atoms with Gasteiger partial charge in [-0.2, -0.15) is 0 Å². The maximum Gasteiger partial charge on any atom is 0.233 e. The van der Waals surface area contributed by atoms with Gasteiger partial charge in [-0.15, -0.1) is 0 Å². The number of hydrogen-bond donors (Lipinski definition) is 0. The van der Waals surface area contributed by atoms with Gasteiger partial charge in [0, 0.05) is 23.3 Å². The average Bonchev–Trinajstić information content (AvgIpc) is 2.98. The summed E-state index contributed by atoms with van der Waals surface area (Å²) in [5.74, 6) is 1.19. The molecule has 0 aromatic heterocycles. The van der Waals surface area contributed by atoms with Crippen molar-refractivity contribution in [2.45, 2.75) is 12.8 Å². The predicted octanol–water partition coefficient (Wildman–Crippen LogP) is 6.24. The molecule has 4 aromatic rings. The fourth-order valence-corrected chi connectivity index (χ4v) is 4.25. The standard InChI is InChI=1S/C32H30O6/c1-35-27-14-22(15-28(19-27)36-2)12-11-21-7-5-8-23(13-21)24-9-6-10-25(16-24)31(33)32(34)26-17-29(37-3)20-30(18-26)38-4/h5-10,13-20H,11-12H2,1-4H3. The van der Waals surface area contributed by atoms with E-state index < -0.39 is 11.6 Å². The summed E-state index contributed by atoms with van der Waals surface area (Å²) in [6, 6.07) is 25.9. The molecule has 0 saturated carbocycles. The molecule has 0 amide bonds. The van der Waals surface area contributed by atoms with E-state index in [-0.39, 0.29) is 5.56 Å². The minimum atomic E-state index is -0.623. The summed E-state index contributed by atoms with van der Waals surface area (Å²) in [6.45, 7) is 0. The van der Waals surface area contributed by atoms with E-state index >= 15 is 0 Å². The van der Waals surface area contributed by atoms with Crippen molar-refractivity contribution in [3.63, 3.8) is 0 Å². The van der Waals surface area contributed by atoms with Crippen molar-refractivity contribution in [3.8, 4) is 34.1 Å². The molecule has 194 valence electrons. The fraction of sp³-hybridized carbons (Fsp3) is 0.188. The summed E-state index contributed by atoms with van der Waals surface area (Å²) in [5.41, 5.74) is 4.64. The van der Waals surface area contributed by atoms with Crippen molar-refractivity contribution in [1.29, 1.82) is 0 Å². The zero-order valence-corrected chi connectivity index (χ0v) is 21.9. The largest absolute Gasteiger partial charge is 0.497 e. The van der Waals surface area contributed by atoms with Crippen LogP contribution in [0, 0.1) is 0 Å². The lowest BCUT2D eigenvalue weighted by Gasteiger charge is -2.10. The molecule has 0 radical (unpaired) electrons. The van der Waals surface area contributed by atoms with E-state index in [1.807, 2.05) is 36.4 Å². The smallest absolute Gasteiger partial charge is 0.233 e. The zero-order valence-electron chi connectivity index (χ0n) is 21.9. The van der Waals surface area contributed by atoms with Crippen LogP contribution in [0.3, 0.4) is 0 Å². The maximum absolute atomic E-state index is 13.1. The Morgan fingerprint density at radius 1 is 0.500 bits per heavy atom. The number of rotatable bonds is 11. The molecular weight excluding hydrogens is 480 g/mol. The Morgan fingerprint density at radius 3 is 1.55 bits per heavy atom. The van der Waals surface area contributed by atoms with Gasteiger partial charge in [-0.1, -0.05) is 42.5 Å². The number of carbonyl (C=O) groups is 2. The Bertz CT molecular complexity index is 1410. The monoisotopic (exact) mass is 510 g/mol. The van der Waals surface area contributed by atoms with E-state index in [1.165, 1.54) is 26.4 Å². The first-order chi connectivity index (χ1) is 18.4. The lowest BCUT2D eigenvalue weighted by Crippen LogP contribution is -2.14. The topological polar surface area (TPSA) is 71.1 Å². The minimum absolute atomic E-state index is 0.216. The van der Waals surface area contributed by atoms with Gasteiger partial charge < -0.3 is 18.9 Å². The number of carbonyl (C=O) groups excluding carboxylic acids is 2. The van der Waals surface area contributed by atoms with E-state index in [4.69, 9.17) is 18.9 Å². The number of ketones is 2. The van der Waals surface area contributed by atoms with Crippen LogP contribution >= 0.6 is 0 Å². The van der Waals surface area contributed by atoms with E-state index in [0.29, 0.717) is 17.1 Å². The highest BCUT2D eigenvalue weighted by Crippen LogP contribution is 2.27. The molecule has 0 aliphatic heterocycles. The average molecular weight is 511 g/mol. The highest BCUT2D eigenvalue weighted by atomic mass is 16.5. The van der Waals surface area contributed by atoms with E-state index in [9.17, 15) is 9.59 Å². The summed E-state index contributed by atoms with van der Waals surface area (Å²) in [5, 5.41) is 0. The summed E-state index contributed by atoms with van der Waals surface area (Å²) >= 11 is 0. The summed E-state index contributed by atoms with van der Waals surface area (Å²) in [7, 11) is 6.27. The molecule has 6 nitrogen and oxygen atoms in total. The molecule has 6 heteroatoms. The number of aryl methyl sites for hydroxylation is 2. The molecule has 0 spiro atoms. The molecular formula is C32H30O6. The van der Waals surface area contributed by atoms with Crippen LogP contribution in [0.25, 0.3) is 11.1 Å². The van der Waals surface area contributed by atoms with E-state index in [1.54, 1.807) is 38.5 Å². The Balaban J connectivity index is 1.53. The summed E-state index contributed by atoms with van der Waals surface area (Å²) in [4.78, 5) is 26.1. The van der Waals surface area contributed by atoms with E-state index in [0.717, 1.165) is 46.6 Å². The van der Waals surface area contributed by atoms with Crippen LogP contribution in [0.4, 0.5) is 0 Å². The number of Topliss-reactive ketones (excluding diaryl/α,β-unsaturated/α-hetero) is 2. The SMILES string of the molecule is COc1cc(CCc2cccc(-c3cccc(C(=O)C(=O)c4cc(OC)cc(OC)c4)c3)c2)cc(OC)c1. The number of hydrogen-bond acceptors (Lipinski definition) is 6. The van der Waals surface area contributed by atoms with Crippen LogP contribution in [-0.2, 0) is 12.8 Å². The van der Waals surface area contributed by atoms with Gasteiger partial charge in [0.25, 0.3) is 0 Å². The minimum Gasteiger partial charge on any atom is -0.497 e. The fourth-order valence-electron chi connectivity index (χ4n) is 4.25. The predicted molar refractivity (Wildman–Crippen MR) is 147 cm³/mol. The number of benzene rings is 4. The van der Waals surface area contributed by atoms with Crippen molar-refractivity contribution in [1.82, 2.24) is 0 Å². The molecule has 0 fully saturated rings. The third-order valence-corrected chi connectivity index (χ3v) is 6.32. The lowest BCUT2D eigenvalue weighted by atomic mass is 9.95. The normalized spacial score (nSPS) is 10.5. The summed E-state index contributed by atoms with van der Waals surface area (Å²) < 4.78 is 21.2. The highest BCUT2D eigenvalue weighted by Gasteiger charge is 2.20. The van der Waals surface area contributed by atoms with Crippen LogP contribution in [0.5, 0.6) is 23.0 Å². The Hall–Kier alpha value is -4.58. The molecule has 4 rings (SSSR count). The molecule has 0 heterocycles. The molecule has 4 aromatic carbocycles. The van der Waals surface area contributed by atoms with Crippen molar-refractivity contribution in [3.05, 3.63) is 107 Å². The Labute approximate surface area is 222 Å². The molecule has 0 N–H and O–H groups in total. The molecule has 0 aliphatic rings. The number of methoxy groups -OCH3 is 4. The molecule has 0 aliphatic carbocycles. The zero-order chi connectivity index (χ0) is 27.1. The molecule has 0 unspecified atom stereocenters. The van der Waals surface area contributed by atoms with Crippen molar-refractivity contribution in [2.24, 2.45) is 0 Å². The Kier molecular flexibility index (Phi) is 8.44. The molecule has 0 atom stereocenters.